The summed E-state index contributed by atoms with van der Waals surface area (Å²) in [6.07, 6.45) is 0. The quantitative estimate of drug-likeness (QED) is 0.187. The normalized spacial score (nSPS) is 11.6. The molecular formula is C45H27N3O2. The Balaban J connectivity index is 1.21. The molecule has 7 aromatic carbocycles. The van der Waals surface area contributed by atoms with E-state index >= 15 is 0 Å². The highest BCUT2D eigenvalue weighted by Crippen LogP contribution is 2.40. The highest BCUT2D eigenvalue weighted by Gasteiger charge is 2.19. The Labute approximate surface area is 287 Å². The summed E-state index contributed by atoms with van der Waals surface area (Å²) in [5.74, 6) is 1.75. The number of furan rings is 2. The summed E-state index contributed by atoms with van der Waals surface area (Å²) in [7, 11) is 0. The smallest absolute Gasteiger partial charge is 0.164 e. The first-order valence-electron chi connectivity index (χ1n) is 16.6. The average Bonchev–Trinajstić information content (AvgIpc) is 3.77. The largest absolute Gasteiger partial charge is 0.456 e. The minimum atomic E-state index is 0.577. The molecule has 5 nitrogen and oxygen atoms in total. The molecule has 10 aromatic rings. The molecule has 0 saturated heterocycles. The number of hydrogen-bond donors (Lipinski definition) is 0. The lowest BCUT2D eigenvalue weighted by molar-refractivity contribution is 0.668. The van der Waals surface area contributed by atoms with Crippen molar-refractivity contribution in [1.82, 2.24) is 15.0 Å². The minimum Gasteiger partial charge on any atom is -0.456 e. The fraction of sp³-hybridized carbons (Fsp3) is 0. The van der Waals surface area contributed by atoms with E-state index in [1.54, 1.807) is 0 Å². The van der Waals surface area contributed by atoms with Crippen LogP contribution in [0.1, 0.15) is 0 Å². The SMILES string of the molecule is c1ccc(-c2cccc(-c3nc(-c4ccc5oc6cccc(-c7ccccc7)c6c5c4)nc(-c4cccc5oc6ccccc6c45)n3)c2)cc1. The Morgan fingerprint density at radius 1 is 0.300 bits per heavy atom. The molecule has 3 aromatic heterocycles. The van der Waals surface area contributed by atoms with Crippen LogP contribution >= 0.6 is 0 Å². The summed E-state index contributed by atoms with van der Waals surface area (Å²) in [6, 6.07) is 55.7. The predicted molar refractivity (Wildman–Crippen MR) is 202 cm³/mol. The van der Waals surface area contributed by atoms with Crippen molar-refractivity contribution < 1.29 is 8.83 Å². The molecule has 0 fully saturated rings. The number of rotatable bonds is 5. The zero-order valence-electron chi connectivity index (χ0n) is 26.7. The lowest BCUT2D eigenvalue weighted by Crippen LogP contribution is -2.00. The van der Waals surface area contributed by atoms with Crippen molar-refractivity contribution in [2.45, 2.75) is 0 Å². The summed E-state index contributed by atoms with van der Waals surface area (Å²) in [4.78, 5) is 15.5. The van der Waals surface area contributed by atoms with Crippen molar-refractivity contribution in [3.63, 3.8) is 0 Å². The first-order valence-corrected chi connectivity index (χ1v) is 16.6. The van der Waals surface area contributed by atoms with E-state index in [-0.39, 0.29) is 0 Å². The lowest BCUT2D eigenvalue weighted by atomic mass is 9.98. The van der Waals surface area contributed by atoms with Gasteiger partial charge in [-0.2, -0.15) is 0 Å². The molecule has 0 atom stereocenters. The van der Waals surface area contributed by atoms with Gasteiger partial charge < -0.3 is 8.83 Å². The number of aromatic nitrogens is 3. The van der Waals surface area contributed by atoms with Gasteiger partial charge in [0.25, 0.3) is 0 Å². The first kappa shape index (κ1) is 28.2. The van der Waals surface area contributed by atoms with Gasteiger partial charge in [0.1, 0.15) is 22.3 Å². The van der Waals surface area contributed by atoms with Crippen LogP contribution in [-0.4, -0.2) is 15.0 Å². The van der Waals surface area contributed by atoms with Crippen LogP contribution in [0.5, 0.6) is 0 Å². The van der Waals surface area contributed by atoms with Gasteiger partial charge in [0.2, 0.25) is 0 Å². The Hall–Kier alpha value is -6.85. The standard InChI is InChI=1S/C45H27N3O2/c1-3-12-28(13-4-1)30-16-9-17-31(26-30)43-46-44(48-45(47-43)35-20-11-23-40-42(35)34-18-7-8-21-37(34)49-40)32-24-25-38-36(27-32)41-33(19-10-22-39(41)50-38)29-14-5-2-6-15-29/h1-27H. The molecule has 0 radical (unpaired) electrons. The fourth-order valence-electron chi connectivity index (χ4n) is 7.01. The van der Waals surface area contributed by atoms with Crippen LogP contribution in [-0.2, 0) is 0 Å². The summed E-state index contributed by atoms with van der Waals surface area (Å²) < 4.78 is 12.6. The Morgan fingerprint density at radius 2 is 0.820 bits per heavy atom. The third-order valence-corrected chi connectivity index (χ3v) is 9.34. The lowest BCUT2D eigenvalue weighted by Gasteiger charge is -2.10. The minimum absolute atomic E-state index is 0.577. The third kappa shape index (κ3) is 4.67. The maximum Gasteiger partial charge on any atom is 0.164 e. The molecule has 10 rings (SSSR count). The van der Waals surface area contributed by atoms with Crippen LogP contribution in [0.3, 0.4) is 0 Å². The zero-order valence-corrected chi connectivity index (χ0v) is 26.7. The van der Waals surface area contributed by atoms with Gasteiger partial charge in [0.05, 0.1) is 0 Å². The topological polar surface area (TPSA) is 65.0 Å². The molecule has 0 spiro atoms. The molecule has 0 aliphatic heterocycles. The highest BCUT2D eigenvalue weighted by atomic mass is 16.3. The van der Waals surface area contributed by atoms with Crippen molar-refractivity contribution in [3.8, 4) is 56.4 Å². The van der Waals surface area contributed by atoms with Crippen LogP contribution in [0.2, 0.25) is 0 Å². The molecular weight excluding hydrogens is 615 g/mol. The van der Waals surface area contributed by atoms with E-state index in [2.05, 4.69) is 97.1 Å². The van der Waals surface area contributed by atoms with Crippen molar-refractivity contribution in [1.29, 1.82) is 0 Å². The van der Waals surface area contributed by atoms with Gasteiger partial charge in [-0.15, -0.1) is 0 Å². The van der Waals surface area contributed by atoms with Gasteiger partial charge in [0.15, 0.2) is 17.5 Å². The summed E-state index contributed by atoms with van der Waals surface area (Å²) >= 11 is 0. The van der Waals surface area contributed by atoms with Gasteiger partial charge in [-0.1, -0.05) is 121 Å². The zero-order chi connectivity index (χ0) is 33.0. The van der Waals surface area contributed by atoms with Crippen molar-refractivity contribution in [2.24, 2.45) is 0 Å². The van der Waals surface area contributed by atoms with Gasteiger partial charge in [-0.3, -0.25) is 0 Å². The number of fused-ring (bicyclic) bond motifs is 6. The Bertz CT molecular complexity index is 2870. The molecule has 0 bridgehead atoms. The Kier molecular flexibility index (Phi) is 6.42. The summed E-state index contributed by atoms with van der Waals surface area (Å²) in [6.45, 7) is 0. The monoisotopic (exact) mass is 641 g/mol. The van der Waals surface area contributed by atoms with E-state index in [1.807, 2.05) is 66.7 Å². The van der Waals surface area contributed by atoms with Crippen molar-refractivity contribution in [2.75, 3.05) is 0 Å². The Morgan fingerprint density at radius 3 is 1.58 bits per heavy atom. The van der Waals surface area contributed by atoms with Crippen LogP contribution in [0, 0.1) is 0 Å². The van der Waals surface area contributed by atoms with Crippen molar-refractivity contribution in [3.05, 3.63) is 164 Å². The molecule has 234 valence electrons. The van der Waals surface area contributed by atoms with Gasteiger partial charge in [-0.25, -0.2) is 15.0 Å². The van der Waals surface area contributed by atoms with Crippen LogP contribution in [0.4, 0.5) is 0 Å². The van der Waals surface area contributed by atoms with E-state index < -0.39 is 0 Å². The molecule has 0 saturated carbocycles. The average molecular weight is 642 g/mol. The maximum atomic E-state index is 6.36. The molecule has 5 heteroatoms. The first-order chi connectivity index (χ1) is 24.8. The predicted octanol–water partition coefficient (Wildman–Crippen LogP) is 12.0. The van der Waals surface area contributed by atoms with Gasteiger partial charge in [-0.05, 0) is 64.7 Å². The fourth-order valence-corrected chi connectivity index (χ4v) is 7.01. The van der Waals surface area contributed by atoms with Crippen LogP contribution in [0.25, 0.3) is 100 Å². The molecule has 0 aliphatic rings. The number of benzene rings is 7. The highest BCUT2D eigenvalue weighted by molar-refractivity contribution is 6.14. The second kappa shape index (κ2) is 11.4. The summed E-state index contributed by atoms with van der Waals surface area (Å²) in [5.41, 5.74) is 10.4. The molecule has 0 unspecified atom stereocenters. The van der Waals surface area contributed by atoms with Crippen LogP contribution < -0.4 is 0 Å². The molecule has 3 heterocycles. The van der Waals surface area contributed by atoms with Gasteiger partial charge in [0, 0.05) is 38.2 Å². The molecule has 0 N–H and O–H groups in total. The van der Waals surface area contributed by atoms with Gasteiger partial charge >= 0.3 is 0 Å². The summed E-state index contributed by atoms with van der Waals surface area (Å²) in [5, 5.41) is 4.07. The number of para-hydroxylation sites is 1. The van der Waals surface area contributed by atoms with E-state index in [1.165, 1.54) is 0 Å². The molecule has 0 amide bonds. The second-order valence-corrected chi connectivity index (χ2v) is 12.4. The van der Waals surface area contributed by atoms with E-state index in [0.717, 1.165) is 82.8 Å². The molecule has 50 heavy (non-hydrogen) atoms. The van der Waals surface area contributed by atoms with E-state index in [9.17, 15) is 0 Å². The van der Waals surface area contributed by atoms with Crippen molar-refractivity contribution >= 4 is 43.9 Å². The number of nitrogens with zero attached hydrogens (tertiary/aromatic N) is 3. The number of hydrogen-bond acceptors (Lipinski definition) is 5. The van der Waals surface area contributed by atoms with Crippen LogP contribution in [0.15, 0.2) is 173 Å². The van der Waals surface area contributed by atoms with E-state index in [4.69, 9.17) is 23.8 Å². The molecule has 0 aliphatic carbocycles. The van der Waals surface area contributed by atoms with E-state index in [0.29, 0.717) is 17.5 Å². The second-order valence-electron chi connectivity index (χ2n) is 12.4. The third-order valence-electron chi connectivity index (χ3n) is 9.34. The maximum absolute atomic E-state index is 6.36.